The molecule has 25 heavy (non-hydrogen) atoms. The van der Waals surface area contributed by atoms with E-state index >= 15 is 0 Å². The summed E-state index contributed by atoms with van der Waals surface area (Å²) in [6.45, 7) is 3.54. The smallest absolute Gasteiger partial charge is 0.247 e. The number of carbonyl (C=O) groups is 2. The van der Waals surface area contributed by atoms with Gasteiger partial charge in [0.2, 0.25) is 11.8 Å². The third-order valence-corrected chi connectivity index (χ3v) is 4.08. The van der Waals surface area contributed by atoms with E-state index in [2.05, 4.69) is 20.7 Å². The maximum atomic E-state index is 12.0. The molecule has 0 unspecified atom stereocenters. The lowest BCUT2D eigenvalue weighted by atomic mass is 10.1. The maximum absolute atomic E-state index is 12.0. The molecule has 8 heteroatoms. The lowest BCUT2D eigenvalue weighted by Crippen LogP contribution is -2.18. The predicted molar refractivity (Wildman–Crippen MR) is 97.4 cm³/mol. The Kier molecular flexibility index (Phi) is 4.90. The van der Waals surface area contributed by atoms with Crippen molar-refractivity contribution in [3.63, 3.8) is 0 Å². The fourth-order valence-corrected chi connectivity index (χ4v) is 2.99. The average molecular weight is 355 g/mol. The topological polar surface area (TPSA) is 88.9 Å². The van der Waals surface area contributed by atoms with Gasteiger partial charge in [0, 0.05) is 29.8 Å². The number of aromatic nitrogens is 3. The number of hydrogen-bond acceptors (Lipinski definition) is 5. The Labute approximate surface area is 148 Å². The van der Waals surface area contributed by atoms with Crippen molar-refractivity contribution in [1.29, 1.82) is 0 Å². The fourth-order valence-electron chi connectivity index (χ4n) is 2.25. The number of aryl methyl sites for hydroxylation is 1. The van der Waals surface area contributed by atoms with Crippen LogP contribution in [0.1, 0.15) is 12.5 Å². The zero-order valence-corrected chi connectivity index (χ0v) is 14.6. The molecule has 3 aromatic rings. The van der Waals surface area contributed by atoms with Crippen molar-refractivity contribution in [2.75, 3.05) is 10.6 Å². The number of anilines is 2. The molecular weight excluding hydrogens is 338 g/mol. The molecule has 0 spiro atoms. The van der Waals surface area contributed by atoms with Crippen molar-refractivity contribution in [3.05, 3.63) is 47.6 Å². The first-order chi connectivity index (χ1) is 12.0. The van der Waals surface area contributed by atoms with E-state index in [1.807, 2.05) is 42.8 Å². The number of thiazole rings is 1. The molecule has 0 aliphatic carbocycles. The van der Waals surface area contributed by atoms with Gasteiger partial charge < -0.3 is 10.6 Å². The number of hydrogen-bond donors (Lipinski definition) is 2. The number of nitrogens with one attached hydrogen (secondary N) is 2. The third kappa shape index (κ3) is 4.51. The second-order valence-electron chi connectivity index (χ2n) is 5.56. The van der Waals surface area contributed by atoms with Gasteiger partial charge in [0.25, 0.3) is 0 Å². The van der Waals surface area contributed by atoms with Gasteiger partial charge in [-0.3, -0.25) is 14.3 Å². The van der Waals surface area contributed by atoms with Crippen molar-refractivity contribution in [1.82, 2.24) is 14.8 Å². The third-order valence-electron chi connectivity index (χ3n) is 3.32. The van der Waals surface area contributed by atoms with Crippen LogP contribution in [-0.4, -0.2) is 26.6 Å². The van der Waals surface area contributed by atoms with E-state index in [1.165, 1.54) is 18.3 Å². The minimum absolute atomic E-state index is 0.112. The summed E-state index contributed by atoms with van der Waals surface area (Å²) in [5, 5.41) is 12.0. The standard InChI is InChI=1S/C17H17N5O2S/c1-11-7-18-22(8-11)9-16(24)21-17-20-15(10-25-17)13-3-5-14(6-4-13)19-12(2)23/h3-8,10H,9H2,1-2H3,(H,19,23)(H,20,21,24). The van der Waals surface area contributed by atoms with Gasteiger partial charge in [-0.25, -0.2) is 4.98 Å². The van der Waals surface area contributed by atoms with Crippen LogP contribution in [0.3, 0.4) is 0 Å². The molecule has 0 saturated carbocycles. The number of amides is 2. The van der Waals surface area contributed by atoms with E-state index in [0.717, 1.165) is 22.5 Å². The van der Waals surface area contributed by atoms with E-state index in [9.17, 15) is 9.59 Å². The van der Waals surface area contributed by atoms with Crippen LogP contribution >= 0.6 is 11.3 Å². The Morgan fingerprint density at radius 2 is 1.96 bits per heavy atom. The molecule has 0 bridgehead atoms. The Morgan fingerprint density at radius 3 is 2.60 bits per heavy atom. The van der Waals surface area contributed by atoms with Crippen LogP contribution in [0.15, 0.2) is 42.0 Å². The fraction of sp³-hybridized carbons (Fsp3) is 0.176. The molecule has 7 nitrogen and oxygen atoms in total. The highest BCUT2D eigenvalue weighted by Gasteiger charge is 2.09. The number of rotatable bonds is 5. The molecule has 3 rings (SSSR count). The summed E-state index contributed by atoms with van der Waals surface area (Å²) in [5.41, 5.74) is 3.42. The van der Waals surface area contributed by atoms with Crippen molar-refractivity contribution in [2.45, 2.75) is 20.4 Å². The van der Waals surface area contributed by atoms with Gasteiger partial charge >= 0.3 is 0 Å². The van der Waals surface area contributed by atoms with Gasteiger partial charge in [0.05, 0.1) is 11.9 Å². The minimum atomic E-state index is -0.176. The molecule has 2 N–H and O–H groups in total. The number of nitrogens with zero attached hydrogens (tertiary/aromatic N) is 3. The van der Waals surface area contributed by atoms with Crippen molar-refractivity contribution in [3.8, 4) is 11.3 Å². The summed E-state index contributed by atoms with van der Waals surface area (Å²) in [5.74, 6) is -0.288. The molecule has 0 aliphatic rings. The van der Waals surface area contributed by atoms with Gasteiger partial charge in [-0.1, -0.05) is 12.1 Å². The molecular formula is C17H17N5O2S. The Balaban J connectivity index is 1.63. The summed E-state index contributed by atoms with van der Waals surface area (Å²) in [6, 6.07) is 7.37. The second kappa shape index (κ2) is 7.27. The molecule has 2 aromatic heterocycles. The Morgan fingerprint density at radius 1 is 1.20 bits per heavy atom. The monoisotopic (exact) mass is 355 g/mol. The normalized spacial score (nSPS) is 10.5. The Hall–Kier alpha value is -3.00. The summed E-state index contributed by atoms with van der Waals surface area (Å²) in [4.78, 5) is 27.5. The molecule has 2 amide bonds. The van der Waals surface area contributed by atoms with E-state index < -0.39 is 0 Å². The number of carbonyl (C=O) groups excluding carboxylic acids is 2. The van der Waals surface area contributed by atoms with Gasteiger partial charge in [0.1, 0.15) is 6.54 Å². The van der Waals surface area contributed by atoms with Crippen molar-refractivity contribution < 1.29 is 9.59 Å². The van der Waals surface area contributed by atoms with Crippen LogP contribution in [0, 0.1) is 6.92 Å². The summed E-state index contributed by atoms with van der Waals surface area (Å²) in [6.07, 6.45) is 3.52. The van der Waals surface area contributed by atoms with Gasteiger partial charge in [-0.2, -0.15) is 5.10 Å². The van der Waals surface area contributed by atoms with Gasteiger partial charge in [-0.15, -0.1) is 11.3 Å². The molecule has 2 heterocycles. The first kappa shape index (κ1) is 16.8. The van der Waals surface area contributed by atoms with Gasteiger partial charge in [0.15, 0.2) is 5.13 Å². The predicted octanol–water partition coefficient (Wildman–Crippen LogP) is 2.91. The van der Waals surface area contributed by atoms with Crippen LogP contribution in [-0.2, 0) is 16.1 Å². The average Bonchev–Trinajstić information content (AvgIpc) is 3.17. The van der Waals surface area contributed by atoms with Crippen molar-refractivity contribution >= 4 is 34.0 Å². The first-order valence-electron chi connectivity index (χ1n) is 7.62. The summed E-state index contributed by atoms with van der Waals surface area (Å²) >= 11 is 1.36. The molecule has 0 fully saturated rings. The molecule has 0 saturated heterocycles. The second-order valence-corrected chi connectivity index (χ2v) is 6.42. The van der Waals surface area contributed by atoms with Crippen LogP contribution in [0.2, 0.25) is 0 Å². The molecule has 0 atom stereocenters. The van der Waals surface area contributed by atoms with Crippen LogP contribution < -0.4 is 10.6 Å². The highest BCUT2D eigenvalue weighted by atomic mass is 32.1. The lowest BCUT2D eigenvalue weighted by Gasteiger charge is -2.03. The number of benzene rings is 1. The SMILES string of the molecule is CC(=O)Nc1ccc(-c2csc(NC(=O)Cn3cc(C)cn3)n2)cc1. The van der Waals surface area contributed by atoms with Crippen LogP contribution in [0.5, 0.6) is 0 Å². The zero-order valence-electron chi connectivity index (χ0n) is 13.8. The van der Waals surface area contributed by atoms with Crippen LogP contribution in [0.4, 0.5) is 10.8 Å². The van der Waals surface area contributed by atoms with Gasteiger partial charge in [-0.05, 0) is 24.6 Å². The van der Waals surface area contributed by atoms with E-state index in [-0.39, 0.29) is 18.4 Å². The van der Waals surface area contributed by atoms with Crippen LogP contribution in [0.25, 0.3) is 11.3 Å². The lowest BCUT2D eigenvalue weighted by molar-refractivity contribution is -0.117. The highest BCUT2D eigenvalue weighted by molar-refractivity contribution is 7.14. The summed E-state index contributed by atoms with van der Waals surface area (Å²) in [7, 11) is 0. The largest absolute Gasteiger partial charge is 0.326 e. The highest BCUT2D eigenvalue weighted by Crippen LogP contribution is 2.26. The van der Waals surface area contributed by atoms with Crippen molar-refractivity contribution in [2.24, 2.45) is 0 Å². The summed E-state index contributed by atoms with van der Waals surface area (Å²) < 4.78 is 1.58. The molecule has 1 aromatic carbocycles. The maximum Gasteiger partial charge on any atom is 0.247 e. The molecule has 128 valence electrons. The Bertz CT molecular complexity index is 898. The van der Waals surface area contributed by atoms with E-state index in [4.69, 9.17) is 0 Å². The quantitative estimate of drug-likeness (QED) is 0.736. The van der Waals surface area contributed by atoms with E-state index in [1.54, 1.807) is 10.9 Å². The molecule has 0 aliphatic heterocycles. The minimum Gasteiger partial charge on any atom is -0.326 e. The van der Waals surface area contributed by atoms with E-state index in [0.29, 0.717) is 5.13 Å². The zero-order chi connectivity index (χ0) is 17.8. The first-order valence-corrected chi connectivity index (χ1v) is 8.50. The molecule has 0 radical (unpaired) electrons.